The topological polar surface area (TPSA) is 89.3 Å². The van der Waals surface area contributed by atoms with Crippen molar-refractivity contribution < 1.29 is 14.1 Å². The fourth-order valence-electron chi connectivity index (χ4n) is 2.57. The van der Waals surface area contributed by atoms with Crippen LogP contribution in [-0.2, 0) is 17.8 Å². The van der Waals surface area contributed by atoms with E-state index in [0.29, 0.717) is 36.1 Å². The van der Waals surface area contributed by atoms with Gasteiger partial charge in [0.15, 0.2) is 11.9 Å². The van der Waals surface area contributed by atoms with E-state index >= 15 is 0 Å². The highest BCUT2D eigenvalue weighted by molar-refractivity contribution is 5.97. The standard InChI is InChI=1S/C17H22N4O3/c1-4-13-17(22)19-12-7-6-11(8-14(12)23-13)10(3)18-9-15-20-16(5-2)24-21-15/h6-8,10,13,18H,4-5,9H2,1-3H3,(H,19,22)/t10-,13-/m0/s1. The molecule has 1 amide bonds. The molecule has 2 atom stereocenters. The van der Waals surface area contributed by atoms with E-state index in [1.54, 1.807) is 0 Å². The summed E-state index contributed by atoms with van der Waals surface area (Å²) in [6.07, 6.45) is 0.943. The first kappa shape index (κ1) is 16.4. The monoisotopic (exact) mass is 330 g/mol. The molecule has 1 aromatic heterocycles. The van der Waals surface area contributed by atoms with Crippen molar-refractivity contribution >= 4 is 11.6 Å². The molecule has 7 nitrogen and oxygen atoms in total. The molecule has 0 radical (unpaired) electrons. The van der Waals surface area contributed by atoms with Crippen LogP contribution in [0.4, 0.5) is 5.69 Å². The van der Waals surface area contributed by atoms with Crippen molar-refractivity contribution in [2.24, 2.45) is 0 Å². The number of aromatic nitrogens is 2. The van der Waals surface area contributed by atoms with E-state index in [2.05, 4.69) is 27.7 Å². The number of rotatable bonds is 6. The molecule has 0 saturated carbocycles. The van der Waals surface area contributed by atoms with E-state index in [9.17, 15) is 4.79 Å². The van der Waals surface area contributed by atoms with Crippen molar-refractivity contribution in [3.8, 4) is 5.75 Å². The van der Waals surface area contributed by atoms with Gasteiger partial charge in [0.2, 0.25) is 5.89 Å². The lowest BCUT2D eigenvalue weighted by molar-refractivity contribution is -0.123. The number of benzene rings is 1. The Morgan fingerprint density at radius 1 is 1.38 bits per heavy atom. The van der Waals surface area contributed by atoms with Gasteiger partial charge in [-0.05, 0) is 31.0 Å². The second-order valence-electron chi connectivity index (χ2n) is 5.82. The Morgan fingerprint density at radius 3 is 2.92 bits per heavy atom. The number of hydrogen-bond donors (Lipinski definition) is 2. The zero-order valence-corrected chi connectivity index (χ0v) is 14.1. The normalized spacial score (nSPS) is 17.8. The summed E-state index contributed by atoms with van der Waals surface area (Å²) < 4.78 is 10.9. The molecule has 0 aliphatic carbocycles. The summed E-state index contributed by atoms with van der Waals surface area (Å²) in [6, 6.07) is 5.89. The van der Waals surface area contributed by atoms with Gasteiger partial charge in [0, 0.05) is 12.5 Å². The van der Waals surface area contributed by atoms with E-state index in [-0.39, 0.29) is 11.9 Å². The molecule has 1 aliphatic heterocycles. The lowest BCUT2D eigenvalue weighted by Gasteiger charge is -2.26. The van der Waals surface area contributed by atoms with Gasteiger partial charge in [0.05, 0.1) is 12.2 Å². The lowest BCUT2D eigenvalue weighted by atomic mass is 10.1. The molecule has 0 fully saturated rings. The SMILES string of the molecule is CCc1nc(CN[C@@H](C)c2ccc3c(c2)O[C@@H](CC)C(=O)N3)no1. The van der Waals surface area contributed by atoms with Crippen molar-refractivity contribution in [3.63, 3.8) is 0 Å². The van der Waals surface area contributed by atoms with Crippen LogP contribution < -0.4 is 15.4 Å². The van der Waals surface area contributed by atoms with Gasteiger partial charge in [-0.2, -0.15) is 4.98 Å². The minimum Gasteiger partial charge on any atom is -0.478 e. The van der Waals surface area contributed by atoms with Gasteiger partial charge in [-0.1, -0.05) is 25.1 Å². The first-order chi connectivity index (χ1) is 11.6. The quantitative estimate of drug-likeness (QED) is 0.846. The Balaban J connectivity index is 1.67. The van der Waals surface area contributed by atoms with Crippen molar-refractivity contribution in [3.05, 3.63) is 35.5 Å². The van der Waals surface area contributed by atoms with Gasteiger partial charge in [-0.3, -0.25) is 4.79 Å². The van der Waals surface area contributed by atoms with E-state index < -0.39 is 6.10 Å². The molecule has 0 spiro atoms. The molecule has 2 heterocycles. The van der Waals surface area contributed by atoms with Gasteiger partial charge in [-0.25, -0.2) is 0 Å². The van der Waals surface area contributed by atoms with Crippen molar-refractivity contribution in [2.75, 3.05) is 5.32 Å². The number of carbonyl (C=O) groups is 1. The number of hydrogen-bond acceptors (Lipinski definition) is 6. The van der Waals surface area contributed by atoms with Crippen LogP contribution in [0.5, 0.6) is 5.75 Å². The highest BCUT2D eigenvalue weighted by atomic mass is 16.5. The van der Waals surface area contributed by atoms with Crippen LogP contribution in [-0.4, -0.2) is 22.2 Å². The highest BCUT2D eigenvalue weighted by Crippen LogP contribution is 2.33. The number of nitrogens with zero attached hydrogens (tertiary/aromatic N) is 2. The minimum atomic E-state index is -0.428. The first-order valence-corrected chi connectivity index (χ1v) is 8.27. The van der Waals surface area contributed by atoms with E-state index in [1.165, 1.54) is 0 Å². The minimum absolute atomic E-state index is 0.0835. The number of ether oxygens (including phenoxy) is 1. The molecule has 0 unspecified atom stereocenters. The summed E-state index contributed by atoms with van der Waals surface area (Å²) in [5.74, 6) is 1.90. The zero-order chi connectivity index (χ0) is 17.1. The molecule has 3 rings (SSSR count). The number of aryl methyl sites for hydroxylation is 1. The predicted molar refractivity (Wildman–Crippen MR) is 88.7 cm³/mol. The second kappa shape index (κ2) is 7.00. The van der Waals surface area contributed by atoms with Crippen LogP contribution in [0.15, 0.2) is 22.7 Å². The van der Waals surface area contributed by atoms with E-state index in [1.807, 2.05) is 32.0 Å². The third-order valence-corrected chi connectivity index (χ3v) is 4.07. The predicted octanol–water partition coefficient (Wildman–Crippen LogP) is 2.59. The van der Waals surface area contributed by atoms with Gasteiger partial charge < -0.3 is 19.9 Å². The third kappa shape index (κ3) is 3.41. The summed E-state index contributed by atoms with van der Waals surface area (Å²) in [5.41, 5.74) is 1.78. The summed E-state index contributed by atoms with van der Waals surface area (Å²) in [5, 5.41) is 10.2. The van der Waals surface area contributed by atoms with Crippen LogP contribution in [0.3, 0.4) is 0 Å². The molecule has 2 N–H and O–H groups in total. The molecular formula is C17H22N4O3. The Morgan fingerprint density at radius 2 is 2.21 bits per heavy atom. The fraction of sp³-hybridized carbons (Fsp3) is 0.471. The number of carbonyl (C=O) groups excluding carboxylic acids is 1. The van der Waals surface area contributed by atoms with Crippen LogP contribution in [0, 0.1) is 0 Å². The molecule has 2 aromatic rings. The molecular weight excluding hydrogens is 308 g/mol. The summed E-state index contributed by atoms with van der Waals surface area (Å²) in [7, 11) is 0. The Kier molecular flexibility index (Phi) is 4.80. The van der Waals surface area contributed by atoms with Gasteiger partial charge in [0.25, 0.3) is 5.91 Å². The van der Waals surface area contributed by atoms with Gasteiger partial charge >= 0.3 is 0 Å². The molecule has 0 bridgehead atoms. The maximum absolute atomic E-state index is 11.8. The fourth-order valence-corrected chi connectivity index (χ4v) is 2.57. The van der Waals surface area contributed by atoms with E-state index in [4.69, 9.17) is 9.26 Å². The summed E-state index contributed by atoms with van der Waals surface area (Å²) in [6.45, 7) is 6.49. The molecule has 128 valence electrons. The maximum Gasteiger partial charge on any atom is 0.265 e. The van der Waals surface area contributed by atoms with Crippen molar-refractivity contribution in [2.45, 2.75) is 52.3 Å². The number of amides is 1. The number of anilines is 1. The van der Waals surface area contributed by atoms with Crippen LogP contribution in [0.2, 0.25) is 0 Å². The molecule has 1 aliphatic rings. The Hall–Kier alpha value is -2.41. The first-order valence-electron chi connectivity index (χ1n) is 8.27. The Labute approximate surface area is 140 Å². The highest BCUT2D eigenvalue weighted by Gasteiger charge is 2.26. The number of fused-ring (bicyclic) bond motifs is 1. The van der Waals surface area contributed by atoms with E-state index in [0.717, 1.165) is 12.0 Å². The molecule has 0 saturated heterocycles. The zero-order valence-electron chi connectivity index (χ0n) is 14.1. The molecule has 7 heteroatoms. The summed E-state index contributed by atoms with van der Waals surface area (Å²) >= 11 is 0. The molecule has 1 aromatic carbocycles. The average Bonchev–Trinajstić information content (AvgIpc) is 3.06. The lowest BCUT2D eigenvalue weighted by Crippen LogP contribution is -2.36. The van der Waals surface area contributed by atoms with Crippen LogP contribution in [0.1, 0.15) is 50.5 Å². The van der Waals surface area contributed by atoms with Gasteiger partial charge in [0.1, 0.15) is 5.75 Å². The van der Waals surface area contributed by atoms with Crippen LogP contribution in [0.25, 0.3) is 0 Å². The third-order valence-electron chi connectivity index (χ3n) is 4.07. The van der Waals surface area contributed by atoms with Gasteiger partial charge in [-0.15, -0.1) is 0 Å². The summed E-state index contributed by atoms with van der Waals surface area (Å²) in [4.78, 5) is 16.1. The smallest absolute Gasteiger partial charge is 0.265 e. The largest absolute Gasteiger partial charge is 0.478 e. The Bertz CT molecular complexity index is 728. The van der Waals surface area contributed by atoms with Crippen molar-refractivity contribution in [1.29, 1.82) is 0 Å². The average molecular weight is 330 g/mol. The second-order valence-corrected chi connectivity index (χ2v) is 5.82. The van der Waals surface area contributed by atoms with Crippen LogP contribution >= 0.6 is 0 Å². The number of nitrogens with one attached hydrogen (secondary N) is 2. The van der Waals surface area contributed by atoms with Crippen molar-refractivity contribution in [1.82, 2.24) is 15.5 Å². The maximum atomic E-state index is 11.8. The molecule has 24 heavy (non-hydrogen) atoms.